The van der Waals surface area contributed by atoms with Crippen LogP contribution in [0.2, 0.25) is 0 Å². The summed E-state index contributed by atoms with van der Waals surface area (Å²) in [6.07, 6.45) is 3.20. The molecule has 1 aliphatic heterocycles. The maximum Gasteiger partial charge on any atom is 0.326 e. The average Bonchev–Trinajstić information content (AvgIpc) is 3.13. The molecule has 1 aliphatic rings. The number of amides is 2. The predicted octanol–water partition coefficient (Wildman–Crippen LogP) is 3.88. The van der Waals surface area contributed by atoms with E-state index in [1.54, 1.807) is 60.2 Å². The molecule has 0 radical (unpaired) electrons. The molecule has 1 aromatic heterocycles. The number of anilines is 1. The van der Waals surface area contributed by atoms with Gasteiger partial charge in [0.2, 0.25) is 0 Å². The first-order chi connectivity index (χ1) is 14.8. The number of benzene rings is 2. The largest absolute Gasteiger partial charge is 0.480 e. The summed E-state index contributed by atoms with van der Waals surface area (Å²) in [7, 11) is 0. The number of carbonyl (C=O) groups excluding carboxylic acids is 2. The van der Waals surface area contributed by atoms with Crippen LogP contribution in [-0.4, -0.2) is 32.6 Å². The second kappa shape index (κ2) is 8.09. The number of aliphatic carboxylic acids is 1. The number of hydrogen-bond donors (Lipinski definition) is 2. The lowest BCUT2D eigenvalue weighted by Crippen LogP contribution is -2.54. The van der Waals surface area contributed by atoms with Crippen molar-refractivity contribution in [3.63, 3.8) is 0 Å². The van der Waals surface area contributed by atoms with E-state index in [-0.39, 0.29) is 10.7 Å². The van der Waals surface area contributed by atoms with E-state index >= 15 is 0 Å². The third-order valence-corrected chi connectivity index (χ3v) is 5.78. The molecule has 2 amide bonds. The van der Waals surface area contributed by atoms with Gasteiger partial charge in [-0.15, -0.1) is 0 Å². The molecule has 1 fully saturated rings. The molecule has 2 heterocycles. The minimum atomic E-state index is -0.934. The quantitative estimate of drug-likeness (QED) is 0.324. The Hall–Kier alpha value is -3.30. The Morgan fingerprint density at radius 2 is 1.97 bits per heavy atom. The summed E-state index contributed by atoms with van der Waals surface area (Å²) in [6, 6.07) is 13.4. The molecule has 7 nitrogen and oxygen atoms in total. The van der Waals surface area contributed by atoms with Crippen LogP contribution in [0.4, 0.5) is 5.69 Å². The zero-order valence-electron chi connectivity index (χ0n) is 16.2. The number of halogens is 1. The minimum Gasteiger partial charge on any atom is -0.480 e. The molecule has 1 saturated heterocycles. The first-order valence-corrected chi connectivity index (χ1v) is 10.5. The minimum absolute atomic E-state index is 0.0143. The molecule has 0 aliphatic carbocycles. The topological polar surface area (TPSA) is 91.6 Å². The Labute approximate surface area is 191 Å². The highest BCUT2D eigenvalue weighted by atomic mass is 79.9. The molecule has 0 saturated carbocycles. The Bertz CT molecular complexity index is 1300. The number of hydrogen-bond acceptors (Lipinski definition) is 4. The van der Waals surface area contributed by atoms with Crippen molar-refractivity contribution in [3.05, 3.63) is 70.3 Å². The van der Waals surface area contributed by atoms with Crippen molar-refractivity contribution in [3.8, 4) is 0 Å². The van der Waals surface area contributed by atoms with Crippen LogP contribution in [-0.2, 0) is 14.4 Å². The lowest BCUT2D eigenvalue weighted by molar-refractivity contribution is -0.140. The Kier molecular flexibility index (Phi) is 5.47. The molecule has 3 aromatic rings. The molecule has 156 valence electrons. The lowest BCUT2D eigenvalue weighted by Gasteiger charge is -2.29. The highest BCUT2D eigenvalue weighted by Crippen LogP contribution is 2.26. The van der Waals surface area contributed by atoms with Crippen molar-refractivity contribution in [2.45, 2.75) is 13.0 Å². The second-order valence-electron chi connectivity index (χ2n) is 6.99. The molecule has 4 rings (SSSR count). The van der Waals surface area contributed by atoms with Gasteiger partial charge in [-0.25, -0.2) is 4.79 Å². The van der Waals surface area contributed by atoms with E-state index in [1.165, 1.54) is 11.0 Å². The molecule has 1 atom stereocenters. The van der Waals surface area contributed by atoms with Crippen LogP contribution in [0.1, 0.15) is 18.5 Å². The maximum absolute atomic E-state index is 13.1. The van der Waals surface area contributed by atoms with Crippen molar-refractivity contribution in [1.82, 2.24) is 9.88 Å². The van der Waals surface area contributed by atoms with Gasteiger partial charge >= 0.3 is 5.97 Å². The van der Waals surface area contributed by atoms with Crippen LogP contribution < -0.4 is 10.2 Å². The van der Waals surface area contributed by atoms with Crippen molar-refractivity contribution < 1.29 is 19.5 Å². The smallest absolute Gasteiger partial charge is 0.326 e. The fourth-order valence-electron chi connectivity index (χ4n) is 3.40. The molecule has 0 bridgehead atoms. The monoisotopic (exact) mass is 497 g/mol. The molecular weight excluding hydrogens is 482 g/mol. The number of nitrogens with one attached hydrogen (secondary N) is 1. The molecule has 31 heavy (non-hydrogen) atoms. The molecule has 0 spiro atoms. The molecular formula is C22H16BrN3O4S. The number of carbonyl (C=O) groups is 3. The summed E-state index contributed by atoms with van der Waals surface area (Å²) in [6.45, 7) is 1.60. The average molecular weight is 498 g/mol. The van der Waals surface area contributed by atoms with Crippen molar-refractivity contribution in [2.24, 2.45) is 0 Å². The fraction of sp³-hybridized carbons (Fsp3) is 0.0909. The van der Waals surface area contributed by atoms with E-state index in [1.807, 2.05) is 6.07 Å². The molecule has 9 heteroatoms. The normalized spacial score (nSPS) is 16.6. The van der Waals surface area contributed by atoms with Crippen LogP contribution in [0.3, 0.4) is 0 Å². The number of carboxylic acid groups (broad SMARTS) is 1. The fourth-order valence-corrected chi connectivity index (χ4v) is 4.07. The van der Waals surface area contributed by atoms with Crippen molar-refractivity contribution in [1.29, 1.82) is 0 Å². The van der Waals surface area contributed by atoms with Gasteiger partial charge in [-0.05, 0) is 67.2 Å². The Morgan fingerprint density at radius 3 is 2.68 bits per heavy atom. The molecule has 0 unspecified atom stereocenters. The summed E-state index contributed by atoms with van der Waals surface area (Å²) in [5.74, 6) is -2.03. The number of thiocarbonyl (C=S) groups is 1. The van der Waals surface area contributed by atoms with E-state index in [0.29, 0.717) is 11.3 Å². The molecule has 2 N–H and O–H groups in total. The highest BCUT2D eigenvalue weighted by molar-refractivity contribution is 9.10. The summed E-state index contributed by atoms with van der Waals surface area (Å²) in [5, 5.41) is 12.6. The van der Waals surface area contributed by atoms with Gasteiger partial charge in [0.15, 0.2) is 5.11 Å². The van der Waals surface area contributed by atoms with Crippen LogP contribution in [0.5, 0.6) is 0 Å². The summed E-state index contributed by atoms with van der Waals surface area (Å²) < 4.78 is 2.43. The van der Waals surface area contributed by atoms with Crippen LogP contribution in [0.25, 0.3) is 17.0 Å². The Balaban J connectivity index is 1.72. The SMILES string of the molecule is C[C@H](C(=O)O)n1ccc2cc(/C=C3\C(=O)NC(=S)N(c4cccc(Br)c4)C3=O)ccc21. The van der Waals surface area contributed by atoms with E-state index < -0.39 is 23.8 Å². The van der Waals surface area contributed by atoms with Gasteiger partial charge in [0.1, 0.15) is 11.6 Å². The number of aromatic nitrogens is 1. The van der Waals surface area contributed by atoms with Crippen molar-refractivity contribution in [2.75, 3.05) is 4.90 Å². The van der Waals surface area contributed by atoms with Crippen LogP contribution in [0, 0.1) is 0 Å². The number of carboxylic acids is 1. The first-order valence-electron chi connectivity index (χ1n) is 9.26. The Morgan fingerprint density at radius 1 is 1.19 bits per heavy atom. The van der Waals surface area contributed by atoms with E-state index in [0.717, 1.165) is 15.4 Å². The van der Waals surface area contributed by atoms with Gasteiger partial charge < -0.3 is 9.67 Å². The lowest BCUT2D eigenvalue weighted by atomic mass is 10.1. The third kappa shape index (κ3) is 3.89. The zero-order valence-corrected chi connectivity index (χ0v) is 18.6. The number of nitrogens with zero attached hydrogens (tertiary/aromatic N) is 2. The van der Waals surface area contributed by atoms with Gasteiger partial charge in [-0.2, -0.15) is 0 Å². The third-order valence-electron chi connectivity index (χ3n) is 5.00. The number of rotatable bonds is 4. The van der Waals surface area contributed by atoms with Crippen LogP contribution in [0.15, 0.2) is 64.8 Å². The van der Waals surface area contributed by atoms with Gasteiger partial charge in [-0.1, -0.05) is 28.1 Å². The summed E-state index contributed by atoms with van der Waals surface area (Å²) in [5.41, 5.74) is 1.86. The van der Waals surface area contributed by atoms with Gasteiger partial charge in [0.05, 0.1) is 5.69 Å². The first kappa shape index (κ1) is 21.0. The molecule has 2 aromatic carbocycles. The maximum atomic E-state index is 13.1. The van der Waals surface area contributed by atoms with Gasteiger partial charge in [0, 0.05) is 21.6 Å². The van der Waals surface area contributed by atoms with E-state index in [9.17, 15) is 19.5 Å². The summed E-state index contributed by atoms with van der Waals surface area (Å²) >= 11 is 8.59. The van der Waals surface area contributed by atoms with Gasteiger partial charge in [-0.3, -0.25) is 19.8 Å². The van der Waals surface area contributed by atoms with Crippen molar-refractivity contribution >= 4 is 73.7 Å². The van der Waals surface area contributed by atoms with Crippen LogP contribution >= 0.6 is 28.1 Å². The number of fused-ring (bicyclic) bond motifs is 1. The van der Waals surface area contributed by atoms with Gasteiger partial charge in [0.25, 0.3) is 11.8 Å². The van der Waals surface area contributed by atoms with E-state index in [2.05, 4.69) is 21.2 Å². The second-order valence-corrected chi connectivity index (χ2v) is 8.30. The summed E-state index contributed by atoms with van der Waals surface area (Å²) in [4.78, 5) is 38.2. The van der Waals surface area contributed by atoms with E-state index in [4.69, 9.17) is 12.2 Å². The predicted molar refractivity (Wildman–Crippen MR) is 125 cm³/mol. The zero-order chi connectivity index (χ0) is 22.3. The standard InChI is InChI=1S/C22H16BrN3O4S/c1-12(21(29)30)25-8-7-14-9-13(5-6-18(14)25)10-17-19(27)24-22(31)26(20(17)28)16-4-2-3-15(23)11-16/h2-12H,1H3,(H,29,30)(H,24,27,31)/b17-10+/t12-/m1/s1. The highest BCUT2D eigenvalue weighted by Gasteiger charge is 2.34.